The summed E-state index contributed by atoms with van der Waals surface area (Å²) in [5.74, 6) is -0.0510. The zero-order valence-corrected chi connectivity index (χ0v) is 11.9. The molecule has 0 amide bonds. The minimum atomic E-state index is -0.334. The Morgan fingerprint density at radius 2 is 2.00 bits per heavy atom. The summed E-state index contributed by atoms with van der Waals surface area (Å²) in [6, 6.07) is 8.93. The van der Waals surface area contributed by atoms with E-state index in [0.717, 1.165) is 0 Å². The van der Waals surface area contributed by atoms with E-state index in [1.54, 1.807) is 18.2 Å². The van der Waals surface area contributed by atoms with E-state index in [1.807, 2.05) is 6.92 Å². The summed E-state index contributed by atoms with van der Waals surface area (Å²) in [6.45, 7) is 2.21. The summed E-state index contributed by atoms with van der Waals surface area (Å²) in [7, 11) is 1.53. The van der Waals surface area contributed by atoms with Gasteiger partial charge in [0.2, 0.25) is 0 Å². The summed E-state index contributed by atoms with van der Waals surface area (Å²) in [5.41, 5.74) is 1.26. The highest BCUT2D eigenvalue weighted by molar-refractivity contribution is 5.44. The molecule has 2 aromatic rings. The highest BCUT2D eigenvalue weighted by Crippen LogP contribution is 2.30. The van der Waals surface area contributed by atoms with Gasteiger partial charge >= 0.3 is 0 Å². The second-order valence-corrected chi connectivity index (χ2v) is 4.77. The normalized spacial score (nSPS) is 12.1. The van der Waals surface area contributed by atoms with Crippen molar-refractivity contribution in [1.82, 2.24) is 5.32 Å². The lowest BCUT2D eigenvalue weighted by Crippen LogP contribution is -2.19. The van der Waals surface area contributed by atoms with Crippen molar-refractivity contribution in [3.05, 3.63) is 53.3 Å². The lowest BCUT2D eigenvalue weighted by molar-refractivity contribution is 0.392. The minimum Gasteiger partial charge on any atom is -0.504 e. The first-order valence-corrected chi connectivity index (χ1v) is 6.59. The van der Waals surface area contributed by atoms with Crippen LogP contribution in [0.15, 0.2) is 36.4 Å². The van der Waals surface area contributed by atoms with Gasteiger partial charge in [-0.3, -0.25) is 0 Å². The summed E-state index contributed by atoms with van der Waals surface area (Å²) >= 11 is 0. The lowest BCUT2D eigenvalue weighted by Gasteiger charge is -2.18. The molecule has 0 saturated carbocycles. The monoisotopic (exact) mass is 291 g/mol. The number of rotatable bonds is 5. The number of phenols is 2. The molecule has 0 fully saturated rings. The predicted molar refractivity (Wildman–Crippen MR) is 78.0 cm³/mol. The molecule has 0 radical (unpaired) electrons. The molecule has 0 spiro atoms. The van der Waals surface area contributed by atoms with E-state index in [4.69, 9.17) is 4.74 Å². The number of benzene rings is 2. The third-order valence-electron chi connectivity index (χ3n) is 3.36. The van der Waals surface area contributed by atoms with Gasteiger partial charge in [0.25, 0.3) is 0 Å². The number of phenolic OH excluding ortho intramolecular Hbond substituents is 2. The van der Waals surface area contributed by atoms with Crippen molar-refractivity contribution < 1.29 is 19.3 Å². The molecule has 0 aliphatic carbocycles. The van der Waals surface area contributed by atoms with Crippen LogP contribution in [0.4, 0.5) is 4.39 Å². The largest absolute Gasteiger partial charge is 0.504 e. The fourth-order valence-electron chi connectivity index (χ4n) is 2.14. The summed E-state index contributed by atoms with van der Waals surface area (Å²) in [6.07, 6.45) is 0. The molecular formula is C16H18FNO3. The first-order valence-electron chi connectivity index (χ1n) is 6.59. The van der Waals surface area contributed by atoms with E-state index >= 15 is 0 Å². The number of nitrogens with one attached hydrogen (secondary N) is 1. The van der Waals surface area contributed by atoms with Gasteiger partial charge in [0.05, 0.1) is 7.11 Å². The van der Waals surface area contributed by atoms with Crippen molar-refractivity contribution in [2.45, 2.75) is 19.5 Å². The fraction of sp³-hybridized carbons (Fsp3) is 0.250. The van der Waals surface area contributed by atoms with Crippen LogP contribution in [0.25, 0.3) is 0 Å². The van der Waals surface area contributed by atoms with Crippen molar-refractivity contribution in [2.24, 2.45) is 0 Å². The van der Waals surface area contributed by atoms with Crippen molar-refractivity contribution >= 4 is 0 Å². The summed E-state index contributed by atoms with van der Waals surface area (Å²) in [4.78, 5) is 0. The molecule has 0 bridgehead atoms. The summed E-state index contributed by atoms with van der Waals surface area (Å²) in [5, 5.41) is 22.4. The first kappa shape index (κ1) is 15.1. The molecule has 1 unspecified atom stereocenters. The highest BCUT2D eigenvalue weighted by atomic mass is 19.1. The van der Waals surface area contributed by atoms with Gasteiger partial charge in [0.15, 0.2) is 11.5 Å². The number of para-hydroxylation sites is 1. The number of ether oxygens (including phenoxy) is 1. The molecule has 0 saturated heterocycles. The van der Waals surface area contributed by atoms with Gasteiger partial charge in [-0.25, -0.2) is 4.39 Å². The van der Waals surface area contributed by atoms with Crippen molar-refractivity contribution in [2.75, 3.05) is 7.11 Å². The zero-order valence-electron chi connectivity index (χ0n) is 11.9. The van der Waals surface area contributed by atoms with E-state index in [-0.39, 0.29) is 23.4 Å². The summed E-state index contributed by atoms with van der Waals surface area (Å²) < 4.78 is 18.6. The lowest BCUT2D eigenvalue weighted by atomic mass is 10.1. The SMILES string of the molecule is COc1ccc(F)cc1C(C)NCc1cccc(O)c1O. The van der Waals surface area contributed by atoms with E-state index in [2.05, 4.69) is 5.32 Å². The van der Waals surface area contributed by atoms with Gasteiger partial charge in [-0.05, 0) is 31.2 Å². The van der Waals surface area contributed by atoms with E-state index in [9.17, 15) is 14.6 Å². The molecular weight excluding hydrogens is 273 g/mol. The molecule has 21 heavy (non-hydrogen) atoms. The average molecular weight is 291 g/mol. The third-order valence-corrected chi connectivity index (χ3v) is 3.36. The molecule has 2 aromatic carbocycles. The molecule has 0 aliphatic heterocycles. The topological polar surface area (TPSA) is 61.7 Å². The first-order chi connectivity index (χ1) is 10.0. The second kappa shape index (κ2) is 6.45. The Bertz CT molecular complexity index is 631. The van der Waals surface area contributed by atoms with Crippen LogP contribution in [0.5, 0.6) is 17.2 Å². The molecule has 4 nitrogen and oxygen atoms in total. The minimum absolute atomic E-state index is 0.150. The van der Waals surface area contributed by atoms with Crippen molar-refractivity contribution in [3.8, 4) is 17.2 Å². The Morgan fingerprint density at radius 1 is 1.24 bits per heavy atom. The Kier molecular flexibility index (Phi) is 4.65. The molecule has 112 valence electrons. The Hall–Kier alpha value is -2.27. The molecule has 0 heterocycles. The molecule has 2 rings (SSSR count). The molecule has 1 atom stereocenters. The van der Waals surface area contributed by atoms with Gasteiger partial charge in [0, 0.05) is 23.7 Å². The second-order valence-electron chi connectivity index (χ2n) is 4.77. The quantitative estimate of drug-likeness (QED) is 0.741. The standard InChI is InChI=1S/C16H18FNO3/c1-10(13-8-12(17)6-7-15(13)21-2)18-9-11-4-3-5-14(19)16(11)20/h3-8,10,18-20H,9H2,1-2H3. The molecule has 5 heteroatoms. The zero-order chi connectivity index (χ0) is 15.4. The van der Waals surface area contributed by atoms with E-state index < -0.39 is 0 Å². The number of hydrogen-bond acceptors (Lipinski definition) is 4. The van der Waals surface area contributed by atoms with Crippen LogP contribution in [-0.2, 0) is 6.54 Å². The smallest absolute Gasteiger partial charge is 0.161 e. The van der Waals surface area contributed by atoms with Crippen LogP contribution in [0.1, 0.15) is 24.1 Å². The number of halogens is 1. The average Bonchev–Trinajstić information content (AvgIpc) is 2.48. The predicted octanol–water partition coefficient (Wildman–Crippen LogP) is 3.10. The van der Waals surface area contributed by atoms with E-state index in [0.29, 0.717) is 23.4 Å². The van der Waals surface area contributed by atoms with Gasteiger partial charge in [0.1, 0.15) is 11.6 Å². The fourth-order valence-corrected chi connectivity index (χ4v) is 2.14. The van der Waals surface area contributed by atoms with Crippen LogP contribution >= 0.6 is 0 Å². The van der Waals surface area contributed by atoms with Crippen LogP contribution in [-0.4, -0.2) is 17.3 Å². The molecule has 0 aliphatic rings. The molecule has 0 aromatic heterocycles. The van der Waals surface area contributed by atoms with Crippen LogP contribution < -0.4 is 10.1 Å². The Balaban J connectivity index is 2.13. The Morgan fingerprint density at radius 3 is 2.71 bits per heavy atom. The maximum absolute atomic E-state index is 13.4. The number of aromatic hydroxyl groups is 2. The van der Waals surface area contributed by atoms with Crippen LogP contribution in [0.2, 0.25) is 0 Å². The molecule has 3 N–H and O–H groups in total. The number of hydrogen-bond donors (Lipinski definition) is 3. The van der Waals surface area contributed by atoms with Crippen LogP contribution in [0, 0.1) is 5.82 Å². The third kappa shape index (κ3) is 3.44. The van der Waals surface area contributed by atoms with Gasteiger partial charge in [-0.1, -0.05) is 12.1 Å². The number of methoxy groups -OCH3 is 1. The maximum atomic E-state index is 13.4. The van der Waals surface area contributed by atoms with Gasteiger partial charge < -0.3 is 20.3 Å². The Labute approximate surface area is 122 Å². The maximum Gasteiger partial charge on any atom is 0.161 e. The van der Waals surface area contributed by atoms with Crippen LogP contribution in [0.3, 0.4) is 0 Å². The van der Waals surface area contributed by atoms with Crippen molar-refractivity contribution in [3.63, 3.8) is 0 Å². The van der Waals surface area contributed by atoms with Gasteiger partial charge in [-0.2, -0.15) is 0 Å². The van der Waals surface area contributed by atoms with Crippen molar-refractivity contribution in [1.29, 1.82) is 0 Å². The highest BCUT2D eigenvalue weighted by Gasteiger charge is 2.13. The van der Waals surface area contributed by atoms with E-state index in [1.165, 1.54) is 25.3 Å². The van der Waals surface area contributed by atoms with Gasteiger partial charge in [-0.15, -0.1) is 0 Å².